The molecule has 0 aliphatic carbocycles. The molecule has 2 rings (SSSR count). The van der Waals surface area contributed by atoms with Crippen molar-refractivity contribution in [3.05, 3.63) is 35.9 Å². The Bertz CT molecular complexity index is 579. The van der Waals surface area contributed by atoms with Gasteiger partial charge in [-0.05, 0) is 52.5 Å². The van der Waals surface area contributed by atoms with Gasteiger partial charge in [0.2, 0.25) is 0 Å². The Morgan fingerprint density at radius 1 is 1.24 bits per heavy atom. The fourth-order valence-electron chi connectivity index (χ4n) is 3.21. The van der Waals surface area contributed by atoms with Gasteiger partial charge in [-0.15, -0.1) is 0 Å². The highest BCUT2D eigenvalue weighted by molar-refractivity contribution is 5.78. The zero-order valence-corrected chi connectivity index (χ0v) is 15.7. The van der Waals surface area contributed by atoms with E-state index in [0.29, 0.717) is 19.6 Å². The third-order valence-electron chi connectivity index (χ3n) is 4.29. The van der Waals surface area contributed by atoms with E-state index in [1.165, 1.54) is 0 Å². The first kappa shape index (κ1) is 19.3. The summed E-state index contributed by atoms with van der Waals surface area (Å²) in [5.74, 6) is -0.598. The number of amides is 1. The lowest BCUT2D eigenvalue weighted by molar-refractivity contribution is -0.145. The van der Waals surface area contributed by atoms with E-state index < -0.39 is 5.60 Å². The van der Waals surface area contributed by atoms with Crippen LogP contribution in [0.2, 0.25) is 0 Å². The summed E-state index contributed by atoms with van der Waals surface area (Å²) in [6, 6.07) is 9.63. The van der Waals surface area contributed by atoms with Crippen molar-refractivity contribution in [3.8, 4) is 0 Å². The van der Waals surface area contributed by atoms with E-state index in [1.807, 2.05) is 58.0 Å². The highest BCUT2D eigenvalue weighted by Crippen LogP contribution is 2.31. The van der Waals surface area contributed by atoms with Gasteiger partial charge in [-0.1, -0.05) is 30.3 Å². The molecule has 0 radical (unpaired) electrons. The Morgan fingerprint density at radius 2 is 1.92 bits per heavy atom. The molecule has 1 fully saturated rings. The van der Waals surface area contributed by atoms with Crippen LogP contribution in [0.3, 0.4) is 0 Å². The molecule has 1 heterocycles. The van der Waals surface area contributed by atoms with Gasteiger partial charge < -0.3 is 14.4 Å². The number of likely N-dealkylation sites (tertiary alicyclic amines) is 1. The van der Waals surface area contributed by atoms with Crippen molar-refractivity contribution in [2.45, 2.75) is 64.5 Å². The fourth-order valence-corrected chi connectivity index (χ4v) is 3.21. The number of carbonyl (C=O) groups is 2. The predicted octanol–water partition coefficient (Wildman–Crippen LogP) is 4.12. The van der Waals surface area contributed by atoms with Crippen LogP contribution in [0, 0.1) is 0 Å². The van der Waals surface area contributed by atoms with Gasteiger partial charge in [-0.25, -0.2) is 4.79 Å². The second-order valence-corrected chi connectivity index (χ2v) is 7.42. The molecule has 0 spiro atoms. The minimum Gasteiger partial charge on any atom is -0.466 e. The van der Waals surface area contributed by atoms with Gasteiger partial charge in [0.15, 0.2) is 0 Å². The van der Waals surface area contributed by atoms with Crippen molar-refractivity contribution in [1.29, 1.82) is 0 Å². The highest BCUT2D eigenvalue weighted by Gasteiger charge is 2.36. The topological polar surface area (TPSA) is 55.8 Å². The Labute approximate surface area is 150 Å². The van der Waals surface area contributed by atoms with Crippen molar-refractivity contribution >= 4 is 12.1 Å². The van der Waals surface area contributed by atoms with E-state index >= 15 is 0 Å². The molecule has 1 aliphatic heterocycles. The summed E-state index contributed by atoms with van der Waals surface area (Å²) in [6.07, 6.45) is 2.06. The highest BCUT2D eigenvalue weighted by atomic mass is 16.6. The molecule has 1 amide bonds. The van der Waals surface area contributed by atoms with Crippen molar-refractivity contribution < 1.29 is 19.1 Å². The summed E-state index contributed by atoms with van der Waals surface area (Å²) in [4.78, 5) is 26.7. The standard InChI is InChI=1S/C20H29NO4/c1-5-24-18(22)17(15-10-7-6-8-11-15)14-16-12-9-13-21(16)19(23)25-20(2,3)4/h6-8,10-11,16-17H,5,9,12-14H2,1-4H3. The van der Waals surface area contributed by atoms with Crippen LogP contribution in [0.25, 0.3) is 0 Å². The van der Waals surface area contributed by atoms with E-state index in [-0.39, 0.29) is 24.0 Å². The van der Waals surface area contributed by atoms with Crippen LogP contribution in [-0.2, 0) is 14.3 Å². The molecule has 0 aromatic heterocycles. The van der Waals surface area contributed by atoms with Crippen LogP contribution in [0.15, 0.2) is 30.3 Å². The maximum Gasteiger partial charge on any atom is 0.410 e. The third kappa shape index (κ3) is 5.48. The lowest BCUT2D eigenvalue weighted by Crippen LogP contribution is -2.41. The quantitative estimate of drug-likeness (QED) is 0.752. The van der Waals surface area contributed by atoms with Gasteiger partial charge in [0.05, 0.1) is 12.5 Å². The Kier molecular flexibility index (Phi) is 6.45. The molecule has 2 atom stereocenters. The molecule has 2 unspecified atom stereocenters. The largest absolute Gasteiger partial charge is 0.466 e. The normalized spacial score (nSPS) is 18.7. The molecule has 5 heteroatoms. The number of esters is 1. The Morgan fingerprint density at radius 3 is 2.52 bits per heavy atom. The summed E-state index contributed by atoms with van der Waals surface area (Å²) >= 11 is 0. The second-order valence-electron chi connectivity index (χ2n) is 7.42. The SMILES string of the molecule is CCOC(=O)C(CC1CCCN1C(=O)OC(C)(C)C)c1ccccc1. The van der Waals surface area contributed by atoms with Crippen LogP contribution in [-0.4, -0.2) is 41.8 Å². The molecule has 25 heavy (non-hydrogen) atoms. The fraction of sp³-hybridized carbons (Fsp3) is 0.600. The van der Waals surface area contributed by atoms with Crippen molar-refractivity contribution in [3.63, 3.8) is 0 Å². The maximum atomic E-state index is 12.5. The summed E-state index contributed by atoms with van der Waals surface area (Å²) in [5.41, 5.74) is 0.404. The van der Waals surface area contributed by atoms with E-state index in [4.69, 9.17) is 9.47 Å². The maximum absolute atomic E-state index is 12.5. The molecule has 0 bridgehead atoms. The molecule has 138 valence electrons. The average molecular weight is 347 g/mol. The molecule has 0 N–H and O–H groups in total. The zero-order chi connectivity index (χ0) is 18.4. The van der Waals surface area contributed by atoms with Crippen molar-refractivity contribution in [2.24, 2.45) is 0 Å². The van der Waals surface area contributed by atoms with Gasteiger partial charge in [0, 0.05) is 12.6 Å². The molecular formula is C20H29NO4. The lowest BCUT2D eigenvalue weighted by Gasteiger charge is -2.30. The van der Waals surface area contributed by atoms with Gasteiger partial charge in [-0.2, -0.15) is 0 Å². The van der Waals surface area contributed by atoms with E-state index in [1.54, 1.807) is 4.90 Å². The molecule has 5 nitrogen and oxygen atoms in total. The first-order chi connectivity index (χ1) is 11.8. The van der Waals surface area contributed by atoms with Crippen LogP contribution in [0.1, 0.15) is 58.4 Å². The van der Waals surface area contributed by atoms with Crippen molar-refractivity contribution in [2.75, 3.05) is 13.2 Å². The Hall–Kier alpha value is -2.04. The van der Waals surface area contributed by atoms with Crippen molar-refractivity contribution in [1.82, 2.24) is 4.90 Å². The zero-order valence-electron chi connectivity index (χ0n) is 15.7. The summed E-state index contributed by atoms with van der Waals surface area (Å²) in [5, 5.41) is 0. The van der Waals surface area contributed by atoms with Gasteiger partial charge in [-0.3, -0.25) is 4.79 Å². The molecular weight excluding hydrogens is 318 g/mol. The van der Waals surface area contributed by atoms with Gasteiger partial charge >= 0.3 is 12.1 Å². The number of benzene rings is 1. The summed E-state index contributed by atoms with van der Waals surface area (Å²) < 4.78 is 10.8. The third-order valence-corrected chi connectivity index (χ3v) is 4.29. The molecule has 1 aromatic rings. The predicted molar refractivity (Wildman–Crippen MR) is 96.4 cm³/mol. The van der Waals surface area contributed by atoms with Gasteiger partial charge in [0.25, 0.3) is 0 Å². The van der Waals surface area contributed by atoms with Crippen LogP contribution in [0.4, 0.5) is 4.79 Å². The Balaban J connectivity index is 2.14. The van der Waals surface area contributed by atoms with Crippen LogP contribution >= 0.6 is 0 Å². The van der Waals surface area contributed by atoms with Crippen LogP contribution in [0.5, 0.6) is 0 Å². The van der Waals surface area contributed by atoms with Crippen LogP contribution < -0.4 is 0 Å². The number of hydrogen-bond acceptors (Lipinski definition) is 4. The second kappa shape index (κ2) is 8.37. The smallest absolute Gasteiger partial charge is 0.410 e. The lowest BCUT2D eigenvalue weighted by atomic mass is 9.91. The number of rotatable bonds is 5. The van der Waals surface area contributed by atoms with E-state index in [0.717, 1.165) is 18.4 Å². The van der Waals surface area contributed by atoms with E-state index in [9.17, 15) is 9.59 Å². The molecule has 1 saturated heterocycles. The first-order valence-electron chi connectivity index (χ1n) is 9.03. The molecule has 0 saturated carbocycles. The summed E-state index contributed by atoms with van der Waals surface area (Å²) in [6.45, 7) is 8.42. The number of nitrogens with zero attached hydrogens (tertiary/aromatic N) is 1. The number of ether oxygens (including phenoxy) is 2. The monoisotopic (exact) mass is 347 g/mol. The minimum absolute atomic E-state index is 0.00976. The molecule has 1 aliphatic rings. The summed E-state index contributed by atoms with van der Waals surface area (Å²) in [7, 11) is 0. The first-order valence-corrected chi connectivity index (χ1v) is 9.03. The van der Waals surface area contributed by atoms with E-state index in [2.05, 4.69) is 0 Å². The minimum atomic E-state index is -0.524. The number of carbonyl (C=O) groups excluding carboxylic acids is 2. The molecule has 1 aromatic carbocycles. The average Bonchev–Trinajstić information content (AvgIpc) is 3.00. The van der Waals surface area contributed by atoms with Gasteiger partial charge in [0.1, 0.15) is 5.60 Å². The number of hydrogen-bond donors (Lipinski definition) is 0.